The first-order chi connectivity index (χ1) is 23.8. The van der Waals surface area contributed by atoms with Crippen LogP contribution in [-0.4, -0.2) is 14.0 Å². The van der Waals surface area contributed by atoms with Crippen LogP contribution < -0.4 is 0 Å². The Morgan fingerprint density at radius 1 is 0.354 bits per heavy atom. The Morgan fingerprint density at radius 2 is 0.896 bits per heavy atom. The molecule has 3 nitrogen and oxygen atoms in total. The number of hydrogen-bond acceptors (Lipinski definition) is 1. The molecule has 3 aromatic heterocycles. The van der Waals surface area contributed by atoms with E-state index in [0.29, 0.717) is 0 Å². The summed E-state index contributed by atoms with van der Waals surface area (Å²) in [5.74, 6) is 0.935. The van der Waals surface area contributed by atoms with Crippen molar-refractivity contribution in [3.63, 3.8) is 0 Å². The van der Waals surface area contributed by atoms with Crippen molar-refractivity contribution in [3.05, 3.63) is 176 Å². The van der Waals surface area contributed by atoms with Crippen molar-refractivity contribution in [2.75, 3.05) is 0 Å². The van der Waals surface area contributed by atoms with E-state index in [1.54, 1.807) is 0 Å². The van der Waals surface area contributed by atoms with Gasteiger partial charge >= 0.3 is 0 Å². The third kappa shape index (κ3) is 3.98. The van der Waals surface area contributed by atoms with E-state index in [-0.39, 0.29) is 0 Å². The molecule has 3 heteroatoms. The van der Waals surface area contributed by atoms with Crippen LogP contribution in [0.1, 0.15) is 0 Å². The van der Waals surface area contributed by atoms with Crippen LogP contribution in [0.4, 0.5) is 0 Å². The fourth-order valence-electron chi connectivity index (χ4n) is 7.52. The molecule has 0 aliphatic rings. The molecule has 10 aromatic rings. The van der Waals surface area contributed by atoms with Crippen molar-refractivity contribution in [2.24, 2.45) is 0 Å². The Balaban J connectivity index is 1.36. The van der Waals surface area contributed by atoms with E-state index in [1.807, 2.05) is 0 Å². The number of aromatic nitrogens is 3. The molecule has 0 bridgehead atoms. The predicted molar refractivity (Wildman–Crippen MR) is 201 cm³/mol. The van der Waals surface area contributed by atoms with Crippen molar-refractivity contribution in [3.8, 4) is 39.5 Å². The molecule has 0 saturated heterocycles. The summed E-state index contributed by atoms with van der Waals surface area (Å²) in [6.07, 6.45) is 0. The van der Waals surface area contributed by atoms with Gasteiger partial charge in [0.1, 0.15) is 5.82 Å². The average molecular weight is 612 g/mol. The van der Waals surface area contributed by atoms with Crippen molar-refractivity contribution >= 4 is 49.0 Å². The van der Waals surface area contributed by atoms with Crippen molar-refractivity contribution < 1.29 is 0 Å². The number of para-hydroxylation sites is 2. The molecular weight excluding hydrogens is 583 g/mol. The minimum Gasteiger partial charge on any atom is -0.309 e. The van der Waals surface area contributed by atoms with Crippen molar-refractivity contribution in [1.82, 2.24) is 14.0 Å². The second kappa shape index (κ2) is 10.5. The molecule has 0 radical (unpaired) electrons. The van der Waals surface area contributed by atoms with Crippen molar-refractivity contribution in [2.45, 2.75) is 0 Å². The highest BCUT2D eigenvalue weighted by Gasteiger charge is 2.22. The molecule has 0 unspecified atom stereocenters. The van der Waals surface area contributed by atoms with Gasteiger partial charge in [-0.25, -0.2) is 4.98 Å². The van der Waals surface area contributed by atoms with Crippen LogP contribution in [0.5, 0.6) is 0 Å². The van der Waals surface area contributed by atoms with Crippen LogP contribution in [0.15, 0.2) is 176 Å². The third-order valence-electron chi connectivity index (χ3n) is 9.69. The maximum atomic E-state index is 5.49. The molecule has 0 spiro atoms. The van der Waals surface area contributed by atoms with Gasteiger partial charge in [-0.1, -0.05) is 146 Å². The molecule has 10 rings (SSSR count). The fourth-order valence-corrected chi connectivity index (χ4v) is 7.52. The van der Waals surface area contributed by atoms with Crippen LogP contribution in [0.3, 0.4) is 0 Å². The van der Waals surface area contributed by atoms with E-state index in [2.05, 4.69) is 185 Å². The lowest BCUT2D eigenvalue weighted by Gasteiger charge is -2.13. The minimum atomic E-state index is 0.935. The first-order valence-electron chi connectivity index (χ1n) is 16.4. The lowest BCUT2D eigenvalue weighted by atomic mass is 9.99. The third-order valence-corrected chi connectivity index (χ3v) is 9.69. The van der Waals surface area contributed by atoms with Gasteiger partial charge in [0.25, 0.3) is 0 Å². The maximum Gasteiger partial charge on any atom is 0.145 e. The van der Waals surface area contributed by atoms with Crippen LogP contribution >= 0.6 is 0 Å². The average Bonchev–Trinajstić information content (AvgIpc) is 3.72. The van der Waals surface area contributed by atoms with Crippen LogP contribution in [0.25, 0.3) is 88.5 Å². The smallest absolute Gasteiger partial charge is 0.145 e. The minimum absolute atomic E-state index is 0.935. The van der Waals surface area contributed by atoms with Gasteiger partial charge in [0, 0.05) is 38.4 Å². The molecule has 0 atom stereocenters. The summed E-state index contributed by atoms with van der Waals surface area (Å²) in [6, 6.07) is 63.0. The van der Waals surface area contributed by atoms with E-state index in [0.717, 1.165) is 39.4 Å². The highest BCUT2D eigenvalue weighted by Crippen LogP contribution is 2.42. The second-order valence-electron chi connectivity index (χ2n) is 12.4. The van der Waals surface area contributed by atoms with Gasteiger partial charge in [-0.05, 0) is 46.8 Å². The SMILES string of the molecule is c1ccc(-c2ccc(-c3nc(-c4ccccc4)n4c5cc6c(cc5c5ccccc5c34)c3ccccc3n6-c3ccccc3)cc2)cc1. The van der Waals surface area contributed by atoms with Gasteiger partial charge in [-0.3, -0.25) is 4.40 Å². The summed E-state index contributed by atoms with van der Waals surface area (Å²) < 4.78 is 4.80. The number of nitrogens with zero attached hydrogens (tertiary/aromatic N) is 3. The van der Waals surface area contributed by atoms with Gasteiger partial charge in [-0.2, -0.15) is 0 Å². The molecule has 0 saturated carbocycles. The molecule has 0 amide bonds. The van der Waals surface area contributed by atoms with Gasteiger partial charge < -0.3 is 4.57 Å². The Hall–Kier alpha value is -6.45. The number of benzene rings is 7. The van der Waals surface area contributed by atoms with Gasteiger partial charge in [-0.15, -0.1) is 0 Å². The molecule has 224 valence electrons. The highest BCUT2D eigenvalue weighted by atomic mass is 15.0. The summed E-state index contributed by atoms with van der Waals surface area (Å²) in [7, 11) is 0. The lowest BCUT2D eigenvalue weighted by Crippen LogP contribution is -1.97. The fraction of sp³-hybridized carbons (Fsp3) is 0. The second-order valence-corrected chi connectivity index (χ2v) is 12.4. The van der Waals surface area contributed by atoms with E-state index in [1.165, 1.54) is 49.1 Å². The van der Waals surface area contributed by atoms with E-state index < -0.39 is 0 Å². The Bertz CT molecular complexity index is 2790. The molecule has 0 aliphatic heterocycles. The molecule has 0 fully saturated rings. The molecule has 7 aromatic carbocycles. The zero-order chi connectivity index (χ0) is 31.6. The number of fused-ring (bicyclic) bond motifs is 9. The number of rotatable bonds is 4. The zero-order valence-corrected chi connectivity index (χ0v) is 26.1. The first kappa shape index (κ1) is 26.7. The first-order valence-corrected chi connectivity index (χ1v) is 16.4. The summed E-state index contributed by atoms with van der Waals surface area (Å²) in [4.78, 5) is 5.49. The molecular formula is C45H29N3. The maximum absolute atomic E-state index is 5.49. The number of hydrogen-bond donors (Lipinski definition) is 0. The zero-order valence-electron chi connectivity index (χ0n) is 26.1. The lowest BCUT2D eigenvalue weighted by molar-refractivity contribution is 1.18. The highest BCUT2D eigenvalue weighted by molar-refractivity contribution is 6.21. The number of imidazole rings is 1. The van der Waals surface area contributed by atoms with Gasteiger partial charge in [0.15, 0.2) is 0 Å². The van der Waals surface area contributed by atoms with E-state index in [9.17, 15) is 0 Å². The summed E-state index contributed by atoms with van der Waals surface area (Å²) in [5.41, 5.74) is 11.3. The van der Waals surface area contributed by atoms with Gasteiger partial charge in [0.2, 0.25) is 0 Å². The Kier molecular flexibility index (Phi) is 5.87. The van der Waals surface area contributed by atoms with E-state index in [4.69, 9.17) is 4.98 Å². The van der Waals surface area contributed by atoms with Crippen LogP contribution in [0.2, 0.25) is 0 Å². The summed E-state index contributed by atoms with van der Waals surface area (Å²) in [6.45, 7) is 0. The largest absolute Gasteiger partial charge is 0.309 e. The normalized spacial score (nSPS) is 11.8. The quantitative estimate of drug-likeness (QED) is 0.182. The van der Waals surface area contributed by atoms with Gasteiger partial charge in [0.05, 0.1) is 27.8 Å². The predicted octanol–water partition coefficient (Wildman–Crippen LogP) is 11.7. The standard InChI is InChI=1S/C45H29N3/c1-4-14-30(15-5-1)31-24-26-32(27-25-31)43-44-37-22-11-10-20-35(37)38-28-39-36-21-12-13-23-40(36)47(34-18-8-3-9-19-34)41(39)29-42(38)48(44)45(46-43)33-16-6-2-7-17-33/h1-29H. The van der Waals surface area contributed by atoms with Crippen LogP contribution in [0, 0.1) is 0 Å². The molecule has 48 heavy (non-hydrogen) atoms. The molecule has 3 heterocycles. The summed E-state index contributed by atoms with van der Waals surface area (Å²) >= 11 is 0. The topological polar surface area (TPSA) is 22.2 Å². The van der Waals surface area contributed by atoms with Crippen molar-refractivity contribution in [1.29, 1.82) is 0 Å². The Labute approximate surface area is 277 Å². The monoisotopic (exact) mass is 611 g/mol. The summed E-state index contributed by atoms with van der Waals surface area (Å²) in [5, 5.41) is 6.11. The molecule has 0 aliphatic carbocycles. The van der Waals surface area contributed by atoms with Crippen LogP contribution in [-0.2, 0) is 0 Å². The molecule has 0 N–H and O–H groups in total. The van der Waals surface area contributed by atoms with E-state index >= 15 is 0 Å². The number of pyridine rings is 1. The Morgan fingerprint density at radius 3 is 1.62 bits per heavy atom.